The molecule has 0 amide bonds. The Morgan fingerprint density at radius 2 is 2.00 bits per heavy atom. The Hall–Kier alpha value is -1.62. The van der Waals surface area contributed by atoms with E-state index in [2.05, 4.69) is 12.1 Å². The summed E-state index contributed by atoms with van der Waals surface area (Å²) in [6, 6.07) is 12.5. The van der Waals surface area contributed by atoms with Gasteiger partial charge in [-0.05, 0) is 23.6 Å². The van der Waals surface area contributed by atoms with Gasteiger partial charge in [-0.25, -0.2) is 4.39 Å². The van der Waals surface area contributed by atoms with Gasteiger partial charge in [0, 0.05) is 27.8 Å². The molecule has 0 spiro atoms. The van der Waals surface area contributed by atoms with Crippen molar-refractivity contribution in [2.24, 2.45) is 5.73 Å². The molecule has 21 heavy (non-hydrogen) atoms. The SMILES string of the molecule is NCc1sc2ccccc2c1COc1ccc(F)c(Cl)c1. The molecule has 2 N–H and O–H groups in total. The molecular weight excluding hydrogens is 309 g/mol. The number of nitrogens with two attached hydrogens (primary N) is 1. The van der Waals surface area contributed by atoms with Crippen LogP contribution in [0.4, 0.5) is 4.39 Å². The zero-order valence-electron chi connectivity index (χ0n) is 11.1. The van der Waals surface area contributed by atoms with Gasteiger partial charge in [-0.1, -0.05) is 29.8 Å². The quantitative estimate of drug-likeness (QED) is 0.754. The zero-order chi connectivity index (χ0) is 14.8. The Balaban J connectivity index is 1.89. The summed E-state index contributed by atoms with van der Waals surface area (Å²) >= 11 is 7.43. The first kappa shape index (κ1) is 14.3. The molecule has 3 aromatic rings. The van der Waals surface area contributed by atoms with E-state index in [4.69, 9.17) is 22.1 Å². The first-order valence-corrected chi connectivity index (χ1v) is 7.65. The molecule has 0 aliphatic carbocycles. The molecule has 2 aromatic carbocycles. The normalized spacial score (nSPS) is 11.0. The Kier molecular flexibility index (Phi) is 4.10. The maximum absolute atomic E-state index is 13.1. The van der Waals surface area contributed by atoms with Crippen LogP contribution < -0.4 is 10.5 Å². The van der Waals surface area contributed by atoms with Crippen LogP contribution >= 0.6 is 22.9 Å². The second-order valence-electron chi connectivity index (χ2n) is 4.57. The van der Waals surface area contributed by atoms with Crippen LogP contribution in [0.1, 0.15) is 10.4 Å². The molecule has 0 saturated carbocycles. The van der Waals surface area contributed by atoms with Crippen molar-refractivity contribution in [3.8, 4) is 5.75 Å². The minimum absolute atomic E-state index is 0.0572. The van der Waals surface area contributed by atoms with Crippen molar-refractivity contribution in [2.75, 3.05) is 0 Å². The molecule has 0 saturated heterocycles. The molecule has 108 valence electrons. The molecule has 0 fully saturated rings. The molecule has 0 aliphatic rings. The molecule has 3 rings (SSSR count). The van der Waals surface area contributed by atoms with Crippen molar-refractivity contribution < 1.29 is 9.13 Å². The Bertz CT molecular complexity index is 787. The van der Waals surface area contributed by atoms with Crippen molar-refractivity contribution in [3.05, 3.63) is 63.7 Å². The lowest BCUT2D eigenvalue weighted by Crippen LogP contribution is -2.01. The fraction of sp³-hybridized carbons (Fsp3) is 0.125. The second kappa shape index (κ2) is 6.02. The average Bonchev–Trinajstić information content (AvgIpc) is 2.86. The minimum Gasteiger partial charge on any atom is -0.489 e. The molecule has 2 nitrogen and oxygen atoms in total. The van der Waals surface area contributed by atoms with E-state index in [9.17, 15) is 4.39 Å². The highest BCUT2D eigenvalue weighted by Gasteiger charge is 2.11. The first-order chi connectivity index (χ1) is 10.2. The largest absolute Gasteiger partial charge is 0.489 e. The van der Waals surface area contributed by atoms with Crippen LogP contribution in [0.5, 0.6) is 5.75 Å². The molecule has 0 bridgehead atoms. The molecule has 1 heterocycles. The van der Waals surface area contributed by atoms with Crippen LogP contribution in [0.15, 0.2) is 42.5 Å². The van der Waals surface area contributed by atoms with E-state index in [0.717, 1.165) is 15.8 Å². The van der Waals surface area contributed by atoms with Crippen molar-refractivity contribution in [1.29, 1.82) is 0 Å². The number of ether oxygens (including phenoxy) is 1. The highest BCUT2D eigenvalue weighted by molar-refractivity contribution is 7.19. The third-order valence-electron chi connectivity index (χ3n) is 3.24. The standard InChI is InChI=1S/C16H13ClFNOS/c17-13-7-10(5-6-14(13)18)20-9-12-11-3-1-2-4-15(11)21-16(12)8-19/h1-7H,8-9,19H2. The molecule has 0 unspecified atom stereocenters. The summed E-state index contributed by atoms with van der Waals surface area (Å²) in [6.07, 6.45) is 0. The summed E-state index contributed by atoms with van der Waals surface area (Å²) in [5.74, 6) is 0.0901. The summed E-state index contributed by atoms with van der Waals surface area (Å²) in [5, 5.41) is 1.21. The third kappa shape index (κ3) is 2.88. The van der Waals surface area contributed by atoms with Gasteiger partial charge in [0.25, 0.3) is 0 Å². The third-order valence-corrected chi connectivity index (χ3v) is 4.77. The van der Waals surface area contributed by atoms with Gasteiger partial charge in [0.2, 0.25) is 0 Å². The van der Waals surface area contributed by atoms with Gasteiger partial charge in [0.05, 0.1) is 5.02 Å². The number of fused-ring (bicyclic) bond motifs is 1. The smallest absolute Gasteiger partial charge is 0.142 e. The zero-order valence-corrected chi connectivity index (χ0v) is 12.7. The van der Waals surface area contributed by atoms with Crippen LogP contribution in [0.25, 0.3) is 10.1 Å². The molecule has 0 radical (unpaired) electrons. The Labute approximate surface area is 130 Å². The topological polar surface area (TPSA) is 35.2 Å². The number of halogens is 2. The number of hydrogen-bond acceptors (Lipinski definition) is 3. The number of thiophene rings is 1. The fourth-order valence-corrected chi connectivity index (χ4v) is 3.45. The summed E-state index contributed by atoms with van der Waals surface area (Å²) in [5.41, 5.74) is 6.89. The number of benzene rings is 2. The van der Waals surface area contributed by atoms with Crippen LogP contribution in [0.3, 0.4) is 0 Å². The first-order valence-electron chi connectivity index (χ1n) is 6.46. The summed E-state index contributed by atoms with van der Waals surface area (Å²) < 4.78 is 20.1. The van der Waals surface area contributed by atoms with Gasteiger partial charge in [0.1, 0.15) is 18.2 Å². The average molecular weight is 322 g/mol. The van der Waals surface area contributed by atoms with E-state index in [1.54, 1.807) is 17.4 Å². The summed E-state index contributed by atoms with van der Waals surface area (Å²) in [7, 11) is 0. The lowest BCUT2D eigenvalue weighted by molar-refractivity contribution is 0.306. The highest BCUT2D eigenvalue weighted by atomic mass is 35.5. The van der Waals surface area contributed by atoms with E-state index < -0.39 is 5.82 Å². The van der Waals surface area contributed by atoms with Gasteiger partial charge in [0.15, 0.2) is 0 Å². The second-order valence-corrected chi connectivity index (χ2v) is 6.11. The fourth-order valence-electron chi connectivity index (χ4n) is 2.19. The molecule has 0 aliphatic heterocycles. The summed E-state index contributed by atoms with van der Waals surface area (Å²) in [6.45, 7) is 0.862. The predicted octanol–water partition coefficient (Wildman–Crippen LogP) is 4.73. The lowest BCUT2D eigenvalue weighted by atomic mass is 10.1. The molecule has 1 aromatic heterocycles. The summed E-state index contributed by atoms with van der Waals surface area (Å²) in [4.78, 5) is 1.10. The number of hydrogen-bond donors (Lipinski definition) is 1. The van der Waals surface area contributed by atoms with Gasteiger partial charge in [-0.15, -0.1) is 11.3 Å². The molecule has 5 heteroatoms. The van der Waals surface area contributed by atoms with Crippen molar-refractivity contribution >= 4 is 33.0 Å². The van der Waals surface area contributed by atoms with Crippen molar-refractivity contribution in [3.63, 3.8) is 0 Å². The number of rotatable bonds is 4. The van der Waals surface area contributed by atoms with E-state index in [-0.39, 0.29) is 5.02 Å². The molecular formula is C16H13ClFNOS. The Morgan fingerprint density at radius 1 is 1.19 bits per heavy atom. The Morgan fingerprint density at radius 3 is 2.76 bits per heavy atom. The highest BCUT2D eigenvalue weighted by Crippen LogP contribution is 2.32. The van der Waals surface area contributed by atoms with Gasteiger partial charge >= 0.3 is 0 Å². The van der Waals surface area contributed by atoms with E-state index in [0.29, 0.717) is 18.9 Å². The maximum atomic E-state index is 13.1. The van der Waals surface area contributed by atoms with Crippen LogP contribution in [0.2, 0.25) is 5.02 Å². The predicted molar refractivity (Wildman–Crippen MR) is 85.5 cm³/mol. The van der Waals surface area contributed by atoms with Gasteiger partial charge in [-0.3, -0.25) is 0 Å². The van der Waals surface area contributed by atoms with Crippen LogP contribution in [-0.2, 0) is 13.2 Å². The van der Waals surface area contributed by atoms with Crippen LogP contribution in [-0.4, -0.2) is 0 Å². The minimum atomic E-state index is -0.451. The van der Waals surface area contributed by atoms with E-state index >= 15 is 0 Å². The van der Waals surface area contributed by atoms with Gasteiger partial charge < -0.3 is 10.5 Å². The lowest BCUT2D eigenvalue weighted by Gasteiger charge is -2.08. The maximum Gasteiger partial charge on any atom is 0.142 e. The van der Waals surface area contributed by atoms with Crippen molar-refractivity contribution in [2.45, 2.75) is 13.2 Å². The van der Waals surface area contributed by atoms with Gasteiger partial charge in [-0.2, -0.15) is 0 Å². The van der Waals surface area contributed by atoms with E-state index in [1.165, 1.54) is 16.8 Å². The van der Waals surface area contributed by atoms with E-state index in [1.807, 2.05) is 12.1 Å². The molecule has 0 atom stereocenters. The van der Waals surface area contributed by atoms with Crippen LogP contribution in [0, 0.1) is 5.82 Å². The monoisotopic (exact) mass is 321 g/mol. The van der Waals surface area contributed by atoms with Crippen molar-refractivity contribution in [1.82, 2.24) is 0 Å².